The van der Waals surface area contributed by atoms with Crippen LogP contribution in [0.4, 0.5) is 0 Å². The summed E-state index contributed by atoms with van der Waals surface area (Å²) in [4.78, 5) is 23.8. The minimum atomic E-state index is -0.558. The van der Waals surface area contributed by atoms with Crippen molar-refractivity contribution in [3.8, 4) is 0 Å². The predicted molar refractivity (Wildman–Crippen MR) is 133 cm³/mol. The summed E-state index contributed by atoms with van der Waals surface area (Å²) in [6.45, 7) is 17.3. The van der Waals surface area contributed by atoms with Gasteiger partial charge >= 0.3 is 11.9 Å². The lowest BCUT2D eigenvalue weighted by molar-refractivity contribution is -0.179. The summed E-state index contributed by atoms with van der Waals surface area (Å²) in [6.07, 6.45) is 9.23. The van der Waals surface area contributed by atoms with Crippen molar-refractivity contribution in [2.45, 2.75) is 144 Å². The van der Waals surface area contributed by atoms with E-state index in [0.29, 0.717) is 26.1 Å². The number of rotatable bonds is 20. The van der Waals surface area contributed by atoms with Crippen LogP contribution in [-0.4, -0.2) is 43.1 Å². The van der Waals surface area contributed by atoms with E-state index in [1.165, 1.54) is 0 Å². The highest BCUT2D eigenvalue weighted by Gasteiger charge is 2.28. The number of hydrogen-bond donors (Lipinski definition) is 0. The van der Waals surface area contributed by atoms with Crippen molar-refractivity contribution in [1.82, 2.24) is 0 Å². The Labute approximate surface area is 203 Å². The SMILES string of the molecule is CCC(C)(C)OC(=O)CCCCCCCCC(=O)OC(C)OCCOC(C)C(C)(CC)CC. The predicted octanol–water partition coefficient (Wildman–Crippen LogP) is 6.98. The van der Waals surface area contributed by atoms with Crippen molar-refractivity contribution >= 4 is 11.9 Å². The van der Waals surface area contributed by atoms with Crippen LogP contribution in [0.2, 0.25) is 0 Å². The van der Waals surface area contributed by atoms with E-state index in [1.54, 1.807) is 6.92 Å². The lowest BCUT2D eigenvalue weighted by Crippen LogP contribution is -2.32. The van der Waals surface area contributed by atoms with Gasteiger partial charge in [0, 0.05) is 12.8 Å². The molecule has 0 aliphatic carbocycles. The Morgan fingerprint density at radius 3 is 1.70 bits per heavy atom. The summed E-state index contributed by atoms with van der Waals surface area (Å²) >= 11 is 0. The van der Waals surface area contributed by atoms with Crippen LogP contribution >= 0.6 is 0 Å². The molecule has 2 unspecified atom stereocenters. The van der Waals surface area contributed by atoms with E-state index in [1.807, 2.05) is 20.8 Å². The van der Waals surface area contributed by atoms with Crippen LogP contribution in [0.3, 0.4) is 0 Å². The smallest absolute Gasteiger partial charge is 0.308 e. The number of carbonyl (C=O) groups is 2. The molecule has 0 aliphatic heterocycles. The van der Waals surface area contributed by atoms with Crippen LogP contribution in [0.5, 0.6) is 0 Å². The first kappa shape index (κ1) is 31.9. The second kappa shape index (κ2) is 17.3. The second-order valence-corrected chi connectivity index (χ2v) is 10.0. The first-order valence-corrected chi connectivity index (χ1v) is 13.1. The van der Waals surface area contributed by atoms with Crippen LogP contribution in [0, 0.1) is 5.41 Å². The summed E-state index contributed by atoms with van der Waals surface area (Å²) in [6, 6.07) is 0. The zero-order valence-corrected chi connectivity index (χ0v) is 22.8. The molecule has 196 valence electrons. The van der Waals surface area contributed by atoms with Gasteiger partial charge in [0.25, 0.3) is 0 Å². The van der Waals surface area contributed by atoms with E-state index in [0.717, 1.165) is 57.8 Å². The molecule has 0 fully saturated rings. The molecule has 0 heterocycles. The Kier molecular flexibility index (Phi) is 16.7. The maximum absolute atomic E-state index is 12.0. The van der Waals surface area contributed by atoms with E-state index in [2.05, 4.69) is 27.7 Å². The third-order valence-corrected chi connectivity index (χ3v) is 6.95. The van der Waals surface area contributed by atoms with E-state index in [9.17, 15) is 9.59 Å². The zero-order chi connectivity index (χ0) is 25.3. The van der Waals surface area contributed by atoms with Gasteiger partial charge in [-0.1, -0.05) is 53.4 Å². The molecule has 0 aromatic heterocycles. The molecule has 0 N–H and O–H groups in total. The molecule has 0 saturated carbocycles. The van der Waals surface area contributed by atoms with Gasteiger partial charge in [0.1, 0.15) is 5.60 Å². The summed E-state index contributed by atoms with van der Waals surface area (Å²) in [5.74, 6) is -0.329. The quantitative estimate of drug-likeness (QED) is 0.108. The summed E-state index contributed by atoms with van der Waals surface area (Å²) in [5, 5.41) is 0. The van der Waals surface area contributed by atoms with Crippen LogP contribution in [0.25, 0.3) is 0 Å². The van der Waals surface area contributed by atoms with E-state index < -0.39 is 6.29 Å². The van der Waals surface area contributed by atoms with Gasteiger partial charge in [0.2, 0.25) is 0 Å². The van der Waals surface area contributed by atoms with Gasteiger partial charge in [-0.2, -0.15) is 0 Å². The molecule has 0 rings (SSSR count). The average Bonchev–Trinajstić information content (AvgIpc) is 2.77. The standard InChI is InChI=1S/C27H52O6/c1-9-26(6,7)33-25(29)19-17-15-13-12-14-16-18-24(28)32-23(5)31-21-20-30-22(4)27(8,10-2)11-3/h22-23H,9-21H2,1-8H3. The summed E-state index contributed by atoms with van der Waals surface area (Å²) in [7, 11) is 0. The van der Waals surface area contributed by atoms with Crippen molar-refractivity contribution in [2.24, 2.45) is 5.41 Å². The molecule has 0 aromatic carbocycles. The Bertz CT molecular complexity index is 527. The van der Waals surface area contributed by atoms with Crippen molar-refractivity contribution in [1.29, 1.82) is 0 Å². The number of unbranched alkanes of at least 4 members (excludes halogenated alkanes) is 5. The number of esters is 2. The van der Waals surface area contributed by atoms with Gasteiger partial charge in [0.15, 0.2) is 6.29 Å². The lowest BCUT2D eigenvalue weighted by Gasteiger charge is -2.33. The minimum absolute atomic E-state index is 0.109. The molecule has 2 atom stereocenters. The van der Waals surface area contributed by atoms with Crippen molar-refractivity contribution < 1.29 is 28.5 Å². The molecule has 6 heteroatoms. The normalized spacial score (nSPS) is 14.1. The van der Waals surface area contributed by atoms with E-state index in [-0.39, 0.29) is 29.1 Å². The summed E-state index contributed by atoms with van der Waals surface area (Å²) < 4.78 is 22.2. The summed E-state index contributed by atoms with van der Waals surface area (Å²) in [5.41, 5.74) is -0.193. The van der Waals surface area contributed by atoms with E-state index in [4.69, 9.17) is 18.9 Å². The second-order valence-electron chi connectivity index (χ2n) is 10.0. The maximum atomic E-state index is 12.0. The number of carbonyl (C=O) groups excluding carboxylic acids is 2. The molecular weight excluding hydrogens is 420 g/mol. The lowest BCUT2D eigenvalue weighted by atomic mass is 9.80. The van der Waals surface area contributed by atoms with Gasteiger partial charge in [-0.15, -0.1) is 0 Å². The molecule has 0 amide bonds. The van der Waals surface area contributed by atoms with Gasteiger partial charge in [-0.05, 0) is 65.2 Å². The molecule has 33 heavy (non-hydrogen) atoms. The van der Waals surface area contributed by atoms with Crippen LogP contribution in [0.1, 0.15) is 126 Å². The van der Waals surface area contributed by atoms with Gasteiger partial charge < -0.3 is 18.9 Å². The monoisotopic (exact) mass is 472 g/mol. The first-order chi connectivity index (χ1) is 15.5. The highest BCUT2D eigenvalue weighted by Crippen LogP contribution is 2.31. The van der Waals surface area contributed by atoms with E-state index >= 15 is 0 Å². The Morgan fingerprint density at radius 2 is 1.18 bits per heavy atom. The molecule has 0 aliphatic rings. The molecular formula is C27H52O6. The van der Waals surface area contributed by atoms with Crippen LogP contribution < -0.4 is 0 Å². The average molecular weight is 473 g/mol. The minimum Gasteiger partial charge on any atom is -0.460 e. The largest absolute Gasteiger partial charge is 0.460 e. The molecule has 0 spiro atoms. The maximum Gasteiger partial charge on any atom is 0.308 e. The van der Waals surface area contributed by atoms with Gasteiger partial charge in [-0.3, -0.25) is 9.59 Å². The Hall–Kier alpha value is -1.14. The topological polar surface area (TPSA) is 71.1 Å². The number of ether oxygens (including phenoxy) is 4. The Morgan fingerprint density at radius 1 is 0.697 bits per heavy atom. The van der Waals surface area contributed by atoms with Gasteiger partial charge in [0.05, 0.1) is 19.3 Å². The molecule has 0 radical (unpaired) electrons. The fourth-order valence-corrected chi connectivity index (χ4v) is 3.42. The fourth-order valence-electron chi connectivity index (χ4n) is 3.42. The highest BCUT2D eigenvalue weighted by molar-refractivity contribution is 5.70. The molecule has 6 nitrogen and oxygen atoms in total. The van der Waals surface area contributed by atoms with Crippen molar-refractivity contribution in [3.05, 3.63) is 0 Å². The van der Waals surface area contributed by atoms with Crippen molar-refractivity contribution in [2.75, 3.05) is 13.2 Å². The molecule has 0 saturated heterocycles. The third kappa shape index (κ3) is 15.4. The highest BCUT2D eigenvalue weighted by atomic mass is 16.7. The zero-order valence-electron chi connectivity index (χ0n) is 22.8. The first-order valence-electron chi connectivity index (χ1n) is 13.1. The van der Waals surface area contributed by atoms with Crippen molar-refractivity contribution in [3.63, 3.8) is 0 Å². The number of hydrogen-bond acceptors (Lipinski definition) is 6. The van der Waals surface area contributed by atoms with Crippen LogP contribution in [0.15, 0.2) is 0 Å². The molecule has 0 bridgehead atoms. The fraction of sp³-hybridized carbons (Fsp3) is 0.926. The Balaban J connectivity index is 3.71. The van der Waals surface area contributed by atoms with Crippen LogP contribution in [-0.2, 0) is 28.5 Å². The van der Waals surface area contributed by atoms with Gasteiger partial charge in [-0.25, -0.2) is 0 Å². The molecule has 0 aromatic rings. The third-order valence-electron chi connectivity index (χ3n) is 6.95.